The second-order valence-electron chi connectivity index (χ2n) is 5.35. The van der Waals surface area contributed by atoms with Gasteiger partial charge >= 0.3 is 0 Å². The van der Waals surface area contributed by atoms with E-state index in [1.807, 2.05) is 0 Å². The average Bonchev–Trinajstić information content (AvgIpc) is 2.66. The lowest BCUT2D eigenvalue weighted by Crippen LogP contribution is -2.47. The molecule has 0 amide bonds. The standard InChI is InChI=1S/C12H23NO3/c1-10(2)8-16-13-11-3-5-15-12(7-11)4-6-14-9-12/h10-11,13H,3-9H2,1-2H3. The first-order valence-electron chi connectivity index (χ1n) is 6.29. The molecule has 2 unspecified atom stereocenters. The average molecular weight is 229 g/mol. The van der Waals surface area contributed by atoms with Crippen LogP contribution in [0.25, 0.3) is 0 Å². The summed E-state index contributed by atoms with van der Waals surface area (Å²) in [7, 11) is 0. The fraction of sp³-hybridized carbons (Fsp3) is 1.00. The number of hydroxylamine groups is 1. The van der Waals surface area contributed by atoms with Crippen LogP contribution in [0.3, 0.4) is 0 Å². The Kier molecular flexibility index (Phi) is 4.19. The Labute approximate surface area is 97.6 Å². The molecule has 0 aromatic rings. The molecule has 1 spiro atoms. The van der Waals surface area contributed by atoms with E-state index in [0.29, 0.717) is 12.0 Å². The van der Waals surface area contributed by atoms with Gasteiger partial charge in [-0.05, 0) is 18.8 Å². The van der Waals surface area contributed by atoms with Crippen molar-refractivity contribution < 1.29 is 14.3 Å². The highest BCUT2D eigenvalue weighted by Gasteiger charge is 2.41. The van der Waals surface area contributed by atoms with Crippen LogP contribution < -0.4 is 5.48 Å². The van der Waals surface area contributed by atoms with E-state index in [1.165, 1.54) is 0 Å². The molecule has 2 rings (SSSR count). The highest BCUT2D eigenvalue weighted by molar-refractivity contribution is 4.91. The van der Waals surface area contributed by atoms with Crippen molar-refractivity contribution in [3.05, 3.63) is 0 Å². The van der Waals surface area contributed by atoms with Crippen LogP contribution in [0.4, 0.5) is 0 Å². The highest BCUT2D eigenvalue weighted by atomic mass is 16.6. The monoisotopic (exact) mass is 229 g/mol. The van der Waals surface area contributed by atoms with Crippen LogP contribution in [0.5, 0.6) is 0 Å². The molecule has 2 saturated heterocycles. The molecular weight excluding hydrogens is 206 g/mol. The minimum Gasteiger partial charge on any atom is -0.378 e. The molecule has 0 aliphatic carbocycles. The van der Waals surface area contributed by atoms with E-state index >= 15 is 0 Å². The molecule has 2 heterocycles. The zero-order chi connectivity index (χ0) is 11.4. The van der Waals surface area contributed by atoms with Gasteiger partial charge in [-0.25, -0.2) is 0 Å². The minimum atomic E-state index is -0.0306. The summed E-state index contributed by atoms with van der Waals surface area (Å²) in [5.74, 6) is 0.566. The first kappa shape index (κ1) is 12.3. The molecule has 1 N–H and O–H groups in total. The third kappa shape index (κ3) is 3.17. The third-order valence-corrected chi connectivity index (χ3v) is 3.23. The van der Waals surface area contributed by atoms with Crippen molar-refractivity contribution in [3.8, 4) is 0 Å². The molecule has 4 heteroatoms. The van der Waals surface area contributed by atoms with Crippen LogP contribution in [-0.2, 0) is 14.3 Å². The molecule has 0 bridgehead atoms. The summed E-state index contributed by atoms with van der Waals surface area (Å²) >= 11 is 0. The van der Waals surface area contributed by atoms with E-state index < -0.39 is 0 Å². The Morgan fingerprint density at radius 3 is 3.00 bits per heavy atom. The van der Waals surface area contributed by atoms with Crippen LogP contribution in [0.15, 0.2) is 0 Å². The predicted molar refractivity (Wildman–Crippen MR) is 61.1 cm³/mol. The second kappa shape index (κ2) is 5.45. The molecule has 2 fully saturated rings. The van der Waals surface area contributed by atoms with Gasteiger partial charge in [-0.3, -0.25) is 0 Å². The summed E-state index contributed by atoms with van der Waals surface area (Å²) < 4.78 is 11.3. The van der Waals surface area contributed by atoms with Gasteiger partial charge in [0.15, 0.2) is 0 Å². The number of ether oxygens (including phenoxy) is 2. The SMILES string of the molecule is CC(C)CONC1CCOC2(CCOC2)C1. The summed E-state index contributed by atoms with van der Waals surface area (Å²) in [5, 5.41) is 0. The smallest absolute Gasteiger partial charge is 0.0952 e. The van der Waals surface area contributed by atoms with Crippen molar-refractivity contribution in [2.45, 2.75) is 44.8 Å². The zero-order valence-corrected chi connectivity index (χ0v) is 10.3. The Morgan fingerprint density at radius 1 is 1.44 bits per heavy atom. The van der Waals surface area contributed by atoms with Crippen molar-refractivity contribution in [2.75, 3.05) is 26.4 Å². The molecule has 2 atom stereocenters. The molecule has 0 aromatic carbocycles. The molecule has 0 aromatic heterocycles. The lowest BCUT2D eigenvalue weighted by molar-refractivity contribution is -0.114. The number of rotatable bonds is 4. The molecule has 0 saturated carbocycles. The fourth-order valence-corrected chi connectivity index (χ4v) is 2.32. The van der Waals surface area contributed by atoms with E-state index in [2.05, 4.69) is 19.3 Å². The number of nitrogens with one attached hydrogen (secondary N) is 1. The Hall–Kier alpha value is -0.160. The molecule has 94 valence electrons. The van der Waals surface area contributed by atoms with Crippen LogP contribution in [0, 0.1) is 5.92 Å². The van der Waals surface area contributed by atoms with Gasteiger partial charge in [0.2, 0.25) is 0 Å². The third-order valence-electron chi connectivity index (χ3n) is 3.23. The van der Waals surface area contributed by atoms with Crippen LogP contribution in [0.1, 0.15) is 33.1 Å². The summed E-state index contributed by atoms with van der Waals surface area (Å²) in [4.78, 5) is 5.49. The number of hydrogen-bond donors (Lipinski definition) is 1. The summed E-state index contributed by atoms with van der Waals surface area (Å²) in [6, 6.07) is 0.411. The maximum Gasteiger partial charge on any atom is 0.0952 e. The predicted octanol–water partition coefficient (Wildman–Crippen LogP) is 1.50. The number of hydrogen-bond acceptors (Lipinski definition) is 4. The molecular formula is C12H23NO3. The van der Waals surface area contributed by atoms with Gasteiger partial charge in [-0.15, -0.1) is 0 Å². The maximum atomic E-state index is 5.86. The summed E-state index contributed by atoms with van der Waals surface area (Å²) in [6.45, 7) is 7.46. The first-order chi connectivity index (χ1) is 7.70. The van der Waals surface area contributed by atoms with Crippen molar-refractivity contribution in [3.63, 3.8) is 0 Å². The largest absolute Gasteiger partial charge is 0.378 e. The van der Waals surface area contributed by atoms with Gasteiger partial charge in [-0.2, -0.15) is 5.48 Å². The molecule has 4 nitrogen and oxygen atoms in total. The molecule has 16 heavy (non-hydrogen) atoms. The Balaban J connectivity index is 1.74. The van der Waals surface area contributed by atoms with Gasteiger partial charge < -0.3 is 14.3 Å². The zero-order valence-electron chi connectivity index (χ0n) is 10.3. The second-order valence-corrected chi connectivity index (χ2v) is 5.35. The molecule has 2 aliphatic rings. The Morgan fingerprint density at radius 2 is 2.31 bits per heavy atom. The van der Waals surface area contributed by atoms with E-state index in [0.717, 1.165) is 45.7 Å². The minimum absolute atomic E-state index is 0.0306. The van der Waals surface area contributed by atoms with Crippen molar-refractivity contribution in [1.82, 2.24) is 5.48 Å². The lowest BCUT2D eigenvalue weighted by atomic mass is 9.90. The van der Waals surface area contributed by atoms with E-state index in [-0.39, 0.29) is 5.60 Å². The van der Waals surface area contributed by atoms with Crippen LogP contribution >= 0.6 is 0 Å². The highest BCUT2D eigenvalue weighted by Crippen LogP contribution is 2.32. The van der Waals surface area contributed by atoms with Gasteiger partial charge in [0, 0.05) is 25.7 Å². The lowest BCUT2D eigenvalue weighted by Gasteiger charge is -2.37. The van der Waals surface area contributed by atoms with Crippen molar-refractivity contribution in [2.24, 2.45) is 5.92 Å². The van der Waals surface area contributed by atoms with Gasteiger partial charge in [0.25, 0.3) is 0 Å². The van der Waals surface area contributed by atoms with Gasteiger partial charge in [0.05, 0.1) is 18.8 Å². The van der Waals surface area contributed by atoms with E-state index in [9.17, 15) is 0 Å². The van der Waals surface area contributed by atoms with Crippen LogP contribution in [-0.4, -0.2) is 38.1 Å². The van der Waals surface area contributed by atoms with E-state index in [4.69, 9.17) is 14.3 Å². The normalized spacial score (nSPS) is 35.1. The van der Waals surface area contributed by atoms with Crippen molar-refractivity contribution >= 4 is 0 Å². The van der Waals surface area contributed by atoms with Crippen LogP contribution in [0.2, 0.25) is 0 Å². The topological polar surface area (TPSA) is 39.7 Å². The fourth-order valence-electron chi connectivity index (χ4n) is 2.32. The van der Waals surface area contributed by atoms with Crippen molar-refractivity contribution in [1.29, 1.82) is 0 Å². The maximum absolute atomic E-state index is 5.86. The summed E-state index contributed by atoms with van der Waals surface area (Å²) in [6.07, 6.45) is 3.06. The summed E-state index contributed by atoms with van der Waals surface area (Å²) in [5.41, 5.74) is 3.14. The van der Waals surface area contributed by atoms with Gasteiger partial charge in [0.1, 0.15) is 0 Å². The molecule has 0 radical (unpaired) electrons. The van der Waals surface area contributed by atoms with E-state index in [1.54, 1.807) is 0 Å². The quantitative estimate of drug-likeness (QED) is 0.742. The Bertz CT molecular complexity index is 214. The first-order valence-corrected chi connectivity index (χ1v) is 6.29. The van der Waals surface area contributed by atoms with Gasteiger partial charge in [-0.1, -0.05) is 13.8 Å². The molecule has 2 aliphatic heterocycles.